The van der Waals surface area contributed by atoms with Crippen molar-refractivity contribution in [3.05, 3.63) is 79.9 Å². The Morgan fingerprint density at radius 3 is 2.70 bits per heavy atom. The van der Waals surface area contributed by atoms with Crippen molar-refractivity contribution in [1.82, 2.24) is 9.55 Å². The van der Waals surface area contributed by atoms with Crippen molar-refractivity contribution in [2.45, 2.75) is 13.0 Å². The summed E-state index contributed by atoms with van der Waals surface area (Å²) in [7, 11) is 0. The summed E-state index contributed by atoms with van der Waals surface area (Å²) in [6.07, 6.45) is 3.43. The number of imidazole rings is 1. The molecule has 2 heterocycles. The average molecular weight is 430 g/mol. The summed E-state index contributed by atoms with van der Waals surface area (Å²) in [4.78, 5) is 30.9. The van der Waals surface area contributed by atoms with Gasteiger partial charge in [0.25, 0.3) is 0 Å². The minimum absolute atomic E-state index is 0.0116. The highest BCUT2D eigenvalue weighted by Crippen LogP contribution is 2.39. The van der Waals surface area contributed by atoms with Gasteiger partial charge >= 0.3 is 5.69 Å². The molecule has 0 saturated heterocycles. The first-order valence-corrected chi connectivity index (χ1v) is 9.18. The first-order chi connectivity index (χ1) is 14.3. The number of carbonyl (C=O) groups is 1. The van der Waals surface area contributed by atoms with Gasteiger partial charge < -0.3 is 14.9 Å². The van der Waals surface area contributed by atoms with Gasteiger partial charge in [-0.05, 0) is 42.3 Å². The van der Waals surface area contributed by atoms with Crippen LogP contribution in [0.5, 0.6) is 5.88 Å². The zero-order chi connectivity index (χ0) is 21.6. The molecule has 0 spiro atoms. The monoisotopic (exact) mass is 429 g/mol. The SMILES string of the molecule is Cc1c(Cl)ccc2c1N=CC2=Cc1[nH]c(=O)n(C(C=O)c2ccc(F)c(F)c2)c1O. The number of aromatic amines is 1. The number of nitrogens with one attached hydrogen (secondary N) is 1. The molecule has 0 aliphatic carbocycles. The van der Waals surface area contributed by atoms with E-state index in [0.717, 1.165) is 27.8 Å². The molecule has 2 aromatic carbocycles. The van der Waals surface area contributed by atoms with Crippen LogP contribution in [0.25, 0.3) is 11.6 Å². The van der Waals surface area contributed by atoms with Gasteiger partial charge in [0.1, 0.15) is 18.0 Å². The van der Waals surface area contributed by atoms with Gasteiger partial charge in [-0.15, -0.1) is 0 Å². The number of allylic oxidation sites excluding steroid dienone is 1. The Balaban J connectivity index is 1.79. The van der Waals surface area contributed by atoms with Crippen molar-refractivity contribution in [3.63, 3.8) is 0 Å². The number of aromatic hydroxyl groups is 1. The molecule has 3 aromatic rings. The fourth-order valence-corrected chi connectivity index (χ4v) is 3.50. The van der Waals surface area contributed by atoms with Gasteiger partial charge in [-0.1, -0.05) is 23.7 Å². The molecule has 2 N–H and O–H groups in total. The number of hydrogen-bond acceptors (Lipinski definition) is 4. The Labute approximate surface area is 173 Å². The van der Waals surface area contributed by atoms with Gasteiger partial charge in [-0.2, -0.15) is 0 Å². The zero-order valence-corrected chi connectivity index (χ0v) is 16.2. The number of aromatic nitrogens is 2. The lowest BCUT2D eigenvalue weighted by atomic mass is 10.0. The number of carbonyl (C=O) groups excluding carboxylic acids is 1. The maximum Gasteiger partial charge on any atom is 0.329 e. The molecule has 1 unspecified atom stereocenters. The maximum atomic E-state index is 13.6. The molecule has 152 valence electrons. The molecule has 0 fully saturated rings. The Hall–Kier alpha value is -3.52. The van der Waals surface area contributed by atoms with Crippen LogP contribution in [0.1, 0.15) is 28.4 Å². The predicted octanol–water partition coefficient (Wildman–Crippen LogP) is 4.17. The zero-order valence-electron chi connectivity index (χ0n) is 15.5. The maximum absolute atomic E-state index is 13.6. The van der Waals surface area contributed by atoms with Crippen LogP contribution >= 0.6 is 11.6 Å². The lowest BCUT2D eigenvalue weighted by molar-refractivity contribution is -0.109. The fraction of sp³-hybridized carbons (Fsp3) is 0.0952. The van der Waals surface area contributed by atoms with Gasteiger partial charge in [0, 0.05) is 22.4 Å². The van der Waals surface area contributed by atoms with E-state index >= 15 is 0 Å². The molecular formula is C21H14ClF2N3O3. The molecule has 9 heteroatoms. The summed E-state index contributed by atoms with van der Waals surface area (Å²) >= 11 is 6.11. The summed E-state index contributed by atoms with van der Waals surface area (Å²) in [5.41, 5.74) is 2.12. The van der Waals surface area contributed by atoms with E-state index in [1.807, 2.05) is 6.92 Å². The van der Waals surface area contributed by atoms with E-state index in [0.29, 0.717) is 22.6 Å². The van der Waals surface area contributed by atoms with Crippen molar-refractivity contribution in [2.24, 2.45) is 4.99 Å². The molecule has 1 atom stereocenters. The Morgan fingerprint density at radius 2 is 2.00 bits per heavy atom. The average Bonchev–Trinajstić information content (AvgIpc) is 3.24. The number of aliphatic imine (C=N–C) groups is 1. The molecule has 30 heavy (non-hydrogen) atoms. The summed E-state index contributed by atoms with van der Waals surface area (Å²) in [6.45, 7) is 1.83. The Bertz CT molecular complexity index is 1310. The van der Waals surface area contributed by atoms with E-state index in [1.54, 1.807) is 18.3 Å². The van der Waals surface area contributed by atoms with Crippen LogP contribution < -0.4 is 5.69 Å². The minimum Gasteiger partial charge on any atom is -0.493 e. The van der Waals surface area contributed by atoms with Crippen LogP contribution in [0.2, 0.25) is 5.02 Å². The number of fused-ring (bicyclic) bond motifs is 1. The molecule has 1 aromatic heterocycles. The van der Waals surface area contributed by atoms with E-state index < -0.39 is 29.2 Å². The largest absolute Gasteiger partial charge is 0.493 e. The van der Waals surface area contributed by atoms with Crippen molar-refractivity contribution >= 4 is 41.4 Å². The van der Waals surface area contributed by atoms with Gasteiger partial charge in [-0.25, -0.2) is 18.1 Å². The molecule has 0 saturated carbocycles. The highest BCUT2D eigenvalue weighted by Gasteiger charge is 2.24. The third kappa shape index (κ3) is 3.15. The van der Waals surface area contributed by atoms with E-state index in [9.17, 15) is 23.5 Å². The number of rotatable bonds is 4. The van der Waals surface area contributed by atoms with Gasteiger partial charge in [0.05, 0.1) is 5.69 Å². The number of H-pyrrole nitrogens is 1. The molecular weight excluding hydrogens is 416 g/mol. The van der Waals surface area contributed by atoms with Crippen LogP contribution in [-0.2, 0) is 4.79 Å². The summed E-state index contributed by atoms with van der Waals surface area (Å²) in [5.74, 6) is -2.78. The molecule has 0 amide bonds. The Kier molecular flexibility index (Phi) is 4.87. The first kappa shape index (κ1) is 19.8. The standard InChI is InChI=1S/C21H14ClF2N3O3/c1-10-14(22)4-3-13-12(8-25-19(10)13)7-17-20(29)27(21(30)26-17)18(9-28)11-2-5-15(23)16(24)6-11/h2-9,18,29H,1H3,(H,26,30). The second-order valence-corrected chi connectivity index (χ2v) is 7.13. The van der Waals surface area contributed by atoms with Crippen molar-refractivity contribution < 1.29 is 18.7 Å². The van der Waals surface area contributed by atoms with Crippen molar-refractivity contribution in [3.8, 4) is 5.88 Å². The van der Waals surface area contributed by atoms with E-state index in [-0.39, 0.29) is 11.3 Å². The number of aldehydes is 1. The summed E-state index contributed by atoms with van der Waals surface area (Å²) in [6, 6.07) is 4.96. The van der Waals surface area contributed by atoms with Gasteiger partial charge in [0.2, 0.25) is 5.88 Å². The first-order valence-electron chi connectivity index (χ1n) is 8.80. The normalized spacial score (nSPS) is 14.9. The third-order valence-electron chi connectivity index (χ3n) is 4.93. The number of benzene rings is 2. The molecule has 0 radical (unpaired) electrons. The molecule has 4 rings (SSSR count). The highest BCUT2D eigenvalue weighted by atomic mass is 35.5. The van der Waals surface area contributed by atoms with Gasteiger partial charge in [-0.3, -0.25) is 4.99 Å². The molecule has 1 aliphatic heterocycles. The van der Waals surface area contributed by atoms with Crippen LogP contribution in [0.4, 0.5) is 14.5 Å². The van der Waals surface area contributed by atoms with E-state index in [4.69, 9.17) is 11.6 Å². The van der Waals surface area contributed by atoms with E-state index in [1.165, 1.54) is 12.1 Å². The summed E-state index contributed by atoms with van der Waals surface area (Å²) < 4.78 is 27.6. The van der Waals surface area contributed by atoms with Crippen LogP contribution in [0.15, 0.2) is 40.1 Å². The number of hydrogen-bond donors (Lipinski definition) is 2. The lowest BCUT2D eigenvalue weighted by Crippen LogP contribution is -2.24. The summed E-state index contributed by atoms with van der Waals surface area (Å²) in [5, 5.41) is 11.2. The van der Waals surface area contributed by atoms with E-state index in [2.05, 4.69) is 9.98 Å². The van der Waals surface area contributed by atoms with Crippen LogP contribution in [0.3, 0.4) is 0 Å². The smallest absolute Gasteiger partial charge is 0.329 e. The van der Waals surface area contributed by atoms with Crippen molar-refractivity contribution in [1.29, 1.82) is 0 Å². The second kappa shape index (κ2) is 7.38. The third-order valence-corrected chi connectivity index (χ3v) is 5.34. The minimum atomic E-state index is -1.35. The van der Waals surface area contributed by atoms with Crippen LogP contribution in [-0.4, -0.2) is 27.2 Å². The highest BCUT2D eigenvalue weighted by molar-refractivity contribution is 6.32. The van der Waals surface area contributed by atoms with Gasteiger partial charge in [0.15, 0.2) is 11.6 Å². The predicted molar refractivity (Wildman–Crippen MR) is 109 cm³/mol. The quantitative estimate of drug-likeness (QED) is 0.610. The molecule has 0 bridgehead atoms. The molecule has 6 nitrogen and oxygen atoms in total. The fourth-order valence-electron chi connectivity index (χ4n) is 3.35. The number of halogens is 3. The molecule has 1 aliphatic rings. The van der Waals surface area contributed by atoms with Crippen molar-refractivity contribution in [2.75, 3.05) is 0 Å². The number of nitrogens with zero attached hydrogens (tertiary/aromatic N) is 2. The van der Waals surface area contributed by atoms with Crippen LogP contribution in [0, 0.1) is 18.6 Å². The second-order valence-electron chi connectivity index (χ2n) is 6.72. The topological polar surface area (TPSA) is 87.5 Å². The lowest BCUT2D eigenvalue weighted by Gasteiger charge is -2.13. The Morgan fingerprint density at radius 1 is 1.23 bits per heavy atom.